The molecule has 0 aliphatic heterocycles. The normalized spacial score (nSPS) is 13.4. The number of hydrogen-bond donors (Lipinski definition) is 2. The lowest BCUT2D eigenvalue weighted by Gasteiger charge is -2.19. The Morgan fingerprint density at radius 3 is 1.12 bits per heavy atom. The Labute approximate surface area is 450 Å². The van der Waals surface area contributed by atoms with E-state index in [1.807, 2.05) is 0 Å². The zero-order valence-electron chi connectivity index (χ0n) is 47.6. The van der Waals surface area contributed by atoms with Gasteiger partial charge in [-0.3, -0.25) is 18.6 Å². The van der Waals surface area contributed by atoms with E-state index in [4.69, 9.17) is 24.3 Å². The number of rotatable bonds is 58. The van der Waals surface area contributed by atoms with Gasteiger partial charge in [-0.2, -0.15) is 0 Å². The molecule has 2 unspecified atom stereocenters. The topological polar surface area (TPSA) is 134 Å². The summed E-state index contributed by atoms with van der Waals surface area (Å²) in [6, 6.07) is 0. The third-order valence-corrected chi connectivity index (χ3v) is 14.4. The van der Waals surface area contributed by atoms with Crippen molar-refractivity contribution in [2.75, 3.05) is 26.4 Å². The Kier molecular flexibility index (Phi) is 57.1. The van der Waals surface area contributed by atoms with Crippen molar-refractivity contribution in [3.05, 3.63) is 60.8 Å². The number of ether oxygens (including phenoxy) is 2. The van der Waals surface area contributed by atoms with Gasteiger partial charge in [-0.25, -0.2) is 4.57 Å². The Hall–Kier alpha value is -2.29. The summed E-state index contributed by atoms with van der Waals surface area (Å²) in [6.07, 6.45) is 74.7. The number of phosphoric ester groups is 1. The fourth-order valence-electron chi connectivity index (χ4n) is 8.90. The van der Waals surface area contributed by atoms with E-state index < -0.39 is 26.5 Å². The number of esters is 2. The van der Waals surface area contributed by atoms with E-state index in [0.717, 1.165) is 64.2 Å². The van der Waals surface area contributed by atoms with E-state index in [1.165, 1.54) is 199 Å². The maximum absolute atomic E-state index is 12.7. The number of carbonyl (C=O) groups excluding carboxylic acids is 2. The Morgan fingerprint density at radius 2 is 0.753 bits per heavy atom. The Balaban J connectivity index is 3.71. The predicted molar refractivity (Wildman–Crippen MR) is 312 cm³/mol. The van der Waals surface area contributed by atoms with Crippen molar-refractivity contribution in [1.82, 2.24) is 0 Å². The molecule has 0 heterocycles. The van der Waals surface area contributed by atoms with E-state index in [-0.39, 0.29) is 38.6 Å². The van der Waals surface area contributed by atoms with Crippen LogP contribution < -0.4 is 5.73 Å². The summed E-state index contributed by atoms with van der Waals surface area (Å²) < 4.78 is 32.9. The number of hydrogen-bond acceptors (Lipinski definition) is 8. The molecule has 0 fully saturated rings. The first-order valence-corrected chi connectivity index (χ1v) is 32.3. The van der Waals surface area contributed by atoms with Gasteiger partial charge in [0.2, 0.25) is 0 Å². The molecule has 9 nitrogen and oxygen atoms in total. The van der Waals surface area contributed by atoms with Crippen LogP contribution in [0.3, 0.4) is 0 Å². The van der Waals surface area contributed by atoms with Crippen LogP contribution in [0.5, 0.6) is 0 Å². The van der Waals surface area contributed by atoms with Crippen molar-refractivity contribution in [2.45, 2.75) is 302 Å². The SMILES string of the molecule is CC/C=C\C/C=C\C/C=C\C/C=C\C/C=C\CCCCCCCCCCCCCCCCCCCCCCCCCCCC(=O)OC(COC(=O)CCCCCCCCCCCCC)COP(=O)(O)OCCN. The number of carbonyl (C=O) groups is 2. The molecule has 73 heavy (non-hydrogen) atoms. The quantitative estimate of drug-likeness (QED) is 0.0264. The van der Waals surface area contributed by atoms with Gasteiger partial charge in [0.15, 0.2) is 6.10 Å². The molecule has 0 rings (SSSR count). The number of unbranched alkanes of at least 4 members (excludes halogenated alkanes) is 35. The first-order valence-electron chi connectivity index (χ1n) is 30.8. The minimum atomic E-state index is -4.38. The lowest BCUT2D eigenvalue weighted by molar-refractivity contribution is -0.161. The standard InChI is InChI=1S/C63H116NO8P/c1-3-5-7-9-11-13-15-16-17-18-19-20-21-22-23-24-25-26-27-28-29-30-31-32-33-34-35-36-37-38-39-40-41-42-43-44-46-48-50-52-54-56-63(66)72-61(60-71-73(67,68)70-58-57-64)59-69-62(65)55-53-51-49-47-45-14-12-10-8-6-4-2/h5,7,11,13,16-17,19-20,22-23,61H,3-4,6,8-10,12,14-15,18,21,24-60,64H2,1-2H3,(H,67,68)/b7-5-,13-11-,17-16-,20-19-,23-22-. The van der Waals surface area contributed by atoms with Gasteiger partial charge in [-0.1, -0.05) is 286 Å². The third-order valence-electron chi connectivity index (χ3n) is 13.4. The second-order valence-electron chi connectivity index (χ2n) is 20.6. The van der Waals surface area contributed by atoms with Gasteiger partial charge >= 0.3 is 19.8 Å². The largest absolute Gasteiger partial charge is 0.472 e. The second-order valence-corrected chi connectivity index (χ2v) is 22.0. The van der Waals surface area contributed by atoms with E-state index in [2.05, 4.69) is 74.6 Å². The maximum atomic E-state index is 12.7. The highest BCUT2D eigenvalue weighted by molar-refractivity contribution is 7.47. The summed E-state index contributed by atoms with van der Waals surface area (Å²) in [4.78, 5) is 35.0. The average molecular weight is 1050 g/mol. The molecule has 0 aliphatic carbocycles. The molecule has 2 atom stereocenters. The predicted octanol–water partition coefficient (Wildman–Crippen LogP) is 19.5. The van der Waals surface area contributed by atoms with E-state index >= 15 is 0 Å². The van der Waals surface area contributed by atoms with Crippen molar-refractivity contribution >= 4 is 19.8 Å². The van der Waals surface area contributed by atoms with Crippen LogP contribution in [-0.2, 0) is 32.7 Å². The molecule has 0 aliphatic rings. The molecule has 0 spiro atoms. The summed E-state index contributed by atoms with van der Waals surface area (Å²) in [7, 11) is -4.38. The lowest BCUT2D eigenvalue weighted by atomic mass is 10.0. The molecule has 0 radical (unpaired) electrons. The van der Waals surface area contributed by atoms with E-state index in [0.29, 0.717) is 6.42 Å². The molecule has 0 amide bonds. The van der Waals surface area contributed by atoms with E-state index in [1.54, 1.807) is 0 Å². The van der Waals surface area contributed by atoms with Crippen LogP contribution in [0.1, 0.15) is 296 Å². The molecule has 0 saturated carbocycles. The molecule has 0 aromatic carbocycles. The van der Waals surface area contributed by atoms with Crippen molar-refractivity contribution in [3.8, 4) is 0 Å². The van der Waals surface area contributed by atoms with Crippen molar-refractivity contribution in [3.63, 3.8) is 0 Å². The zero-order valence-corrected chi connectivity index (χ0v) is 48.5. The maximum Gasteiger partial charge on any atom is 0.472 e. The smallest absolute Gasteiger partial charge is 0.462 e. The molecule has 0 bridgehead atoms. The van der Waals surface area contributed by atoms with Crippen LogP contribution in [0, 0.1) is 0 Å². The van der Waals surface area contributed by atoms with Crippen molar-refractivity contribution in [1.29, 1.82) is 0 Å². The Morgan fingerprint density at radius 1 is 0.425 bits per heavy atom. The monoisotopic (exact) mass is 1050 g/mol. The molecule has 0 aromatic heterocycles. The van der Waals surface area contributed by atoms with Gasteiger partial charge in [0.1, 0.15) is 6.61 Å². The first-order chi connectivity index (χ1) is 35.8. The number of nitrogens with two attached hydrogens (primary N) is 1. The van der Waals surface area contributed by atoms with Crippen LogP contribution in [0.2, 0.25) is 0 Å². The highest BCUT2D eigenvalue weighted by Crippen LogP contribution is 2.43. The van der Waals surface area contributed by atoms with Gasteiger partial charge in [-0.05, 0) is 57.8 Å². The van der Waals surface area contributed by atoms with Gasteiger partial charge < -0.3 is 20.1 Å². The molecular formula is C63H116NO8P. The molecule has 3 N–H and O–H groups in total. The van der Waals surface area contributed by atoms with Gasteiger partial charge in [-0.15, -0.1) is 0 Å². The first kappa shape index (κ1) is 70.7. The fourth-order valence-corrected chi connectivity index (χ4v) is 9.67. The van der Waals surface area contributed by atoms with Crippen LogP contribution in [0.4, 0.5) is 0 Å². The molecule has 426 valence electrons. The van der Waals surface area contributed by atoms with E-state index in [9.17, 15) is 19.0 Å². The number of allylic oxidation sites excluding steroid dienone is 10. The average Bonchev–Trinajstić information content (AvgIpc) is 3.38. The minimum Gasteiger partial charge on any atom is -0.462 e. The van der Waals surface area contributed by atoms with Crippen LogP contribution in [0.15, 0.2) is 60.8 Å². The minimum absolute atomic E-state index is 0.0556. The zero-order chi connectivity index (χ0) is 53.1. The summed E-state index contributed by atoms with van der Waals surface area (Å²) >= 11 is 0. The summed E-state index contributed by atoms with van der Waals surface area (Å²) in [5.74, 6) is -0.815. The summed E-state index contributed by atoms with van der Waals surface area (Å²) in [5, 5.41) is 0. The number of phosphoric acid groups is 1. The summed E-state index contributed by atoms with van der Waals surface area (Å²) in [5.41, 5.74) is 5.37. The van der Waals surface area contributed by atoms with Gasteiger partial charge in [0.25, 0.3) is 0 Å². The van der Waals surface area contributed by atoms with Crippen molar-refractivity contribution in [2.24, 2.45) is 5.73 Å². The lowest BCUT2D eigenvalue weighted by Crippen LogP contribution is -2.29. The summed E-state index contributed by atoms with van der Waals surface area (Å²) in [6.45, 7) is 3.65. The molecule has 0 aromatic rings. The molecular weight excluding hydrogens is 930 g/mol. The fraction of sp³-hybridized carbons (Fsp3) is 0.810. The van der Waals surface area contributed by atoms with Crippen LogP contribution in [-0.4, -0.2) is 49.3 Å². The Bertz CT molecular complexity index is 1380. The highest BCUT2D eigenvalue weighted by atomic mass is 31.2. The highest BCUT2D eigenvalue weighted by Gasteiger charge is 2.26. The van der Waals surface area contributed by atoms with Crippen LogP contribution in [0.25, 0.3) is 0 Å². The van der Waals surface area contributed by atoms with Gasteiger partial charge in [0, 0.05) is 19.4 Å². The molecule has 10 heteroatoms. The molecule has 0 saturated heterocycles. The second kappa shape index (κ2) is 59.0. The van der Waals surface area contributed by atoms with Crippen LogP contribution >= 0.6 is 7.82 Å². The van der Waals surface area contributed by atoms with Gasteiger partial charge in [0.05, 0.1) is 13.2 Å². The van der Waals surface area contributed by atoms with Crippen molar-refractivity contribution < 1.29 is 37.6 Å². The third kappa shape index (κ3) is 58.8.